The van der Waals surface area contributed by atoms with Crippen LogP contribution in [0.4, 0.5) is 0 Å². The lowest BCUT2D eigenvalue weighted by atomic mass is 9.95. The van der Waals surface area contributed by atoms with Gasteiger partial charge in [-0.15, -0.1) is 0 Å². The Kier molecular flexibility index (Phi) is 6.01. The van der Waals surface area contributed by atoms with Gasteiger partial charge in [0.05, 0.1) is 18.8 Å². The first-order valence-corrected chi connectivity index (χ1v) is 6.74. The van der Waals surface area contributed by atoms with Gasteiger partial charge in [-0.25, -0.2) is 4.79 Å². The molecule has 9 nitrogen and oxygen atoms in total. The second-order valence-corrected chi connectivity index (χ2v) is 5.45. The minimum absolute atomic E-state index is 0.461. The maximum Gasteiger partial charge on any atom is 0.336 e. The van der Waals surface area contributed by atoms with Crippen molar-refractivity contribution in [2.45, 2.75) is 31.3 Å². The van der Waals surface area contributed by atoms with E-state index in [0.717, 1.165) is 0 Å². The van der Waals surface area contributed by atoms with E-state index in [0.29, 0.717) is 25.9 Å². The lowest BCUT2D eigenvalue weighted by Crippen LogP contribution is -2.43. The van der Waals surface area contributed by atoms with Crippen molar-refractivity contribution in [1.82, 2.24) is 4.90 Å². The van der Waals surface area contributed by atoms with Crippen LogP contribution in [0.15, 0.2) is 0 Å². The van der Waals surface area contributed by atoms with E-state index >= 15 is 0 Å². The fraction of sp³-hybridized carbons (Fsp3) is 0.692. The molecule has 0 spiro atoms. The van der Waals surface area contributed by atoms with Gasteiger partial charge < -0.3 is 25.0 Å². The van der Waals surface area contributed by atoms with Crippen LogP contribution in [-0.2, 0) is 23.9 Å². The molecule has 0 aromatic heterocycles. The summed E-state index contributed by atoms with van der Waals surface area (Å²) in [5.74, 6) is -5.94. The molecule has 1 aliphatic heterocycles. The molecule has 1 atom stereocenters. The Morgan fingerprint density at radius 2 is 1.68 bits per heavy atom. The van der Waals surface area contributed by atoms with E-state index in [1.54, 1.807) is 0 Å². The van der Waals surface area contributed by atoms with Crippen LogP contribution in [0.25, 0.3) is 0 Å². The van der Waals surface area contributed by atoms with Crippen LogP contribution in [0.2, 0.25) is 0 Å². The summed E-state index contributed by atoms with van der Waals surface area (Å²) < 4.78 is 4.54. The van der Waals surface area contributed by atoms with E-state index in [-0.39, 0.29) is 0 Å². The summed E-state index contributed by atoms with van der Waals surface area (Å²) in [4.78, 5) is 46.9. The number of carboxylic acids is 2. The Morgan fingerprint density at radius 1 is 1.14 bits per heavy atom. The fourth-order valence-corrected chi connectivity index (χ4v) is 2.18. The zero-order valence-corrected chi connectivity index (χ0v) is 12.2. The van der Waals surface area contributed by atoms with E-state index in [9.17, 15) is 24.3 Å². The molecule has 0 aromatic carbocycles. The lowest BCUT2D eigenvalue weighted by Gasteiger charge is -2.27. The number of carbonyl (C=O) groups is 4. The molecule has 1 rings (SSSR count). The molecule has 3 N–H and O–H groups in total. The lowest BCUT2D eigenvalue weighted by molar-refractivity contribution is -0.176. The van der Waals surface area contributed by atoms with Crippen LogP contribution in [0.1, 0.15) is 25.7 Å². The number of ether oxygens (including phenoxy) is 1. The molecule has 0 saturated carbocycles. The van der Waals surface area contributed by atoms with Gasteiger partial charge in [0.2, 0.25) is 0 Å². The van der Waals surface area contributed by atoms with Crippen molar-refractivity contribution < 1.29 is 39.2 Å². The van der Waals surface area contributed by atoms with Crippen LogP contribution in [0.3, 0.4) is 0 Å². The molecule has 0 aromatic rings. The summed E-state index contributed by atoms with van der Waals surface area (Å²) in [5, 5.41) is 27.1. The molecule has 0 aliphatic carbocycles. The monoisotopic (exact) mass is 317 g/mol. The van der Waals surface area contributed by atoms with Crippen molar-refractivity contribution >= 4 is 23.9 Å². The van der Waals surface area contributed by atoms with Gasteiger partial charge in [0.15, 0.2) is 5.60 Å². The van der Waals surface area contributed by atoms with E-state index in [4.69, 9.17) is 10.2 Å². The van der Waals surface area contributed by atoms with Crippen molar-refractivity contribution in [3.8, 4) is 0 Å². The first-order chi connectivity index (χ1) is 10.1. The Morgan fingerprint density at radius 3 is 2.14 bits per heavy atom. The molecule has 124 valence electrons. The Labute approximate surface area is 126 Å². The third-order valence-corrected chi connectivity index (χ3v) is 3.54. The summed E-state index contributed by atoms with van der Waals surface area (Å²) in [5.41, 5.74) is -2.80. The van der Waals surface area contributed by atoms with Crippen LogP contribution >= 0.6 is 0 Å². The van der Waals surface area contributed by atoms with Gasteiger partial charge in [-0.3, -0.25) is 14.4 Å². The third-order valence-electron chi connectivity index (χ3n) is 3.54. The summed E-state index contributed by atoms with van der Waals surface area (Å²) in [6.45, 7) is 1.35. The highest BCUT2D eigenvalue weighted by Gasteiger charge is 2.42. The summed E-state index contributed by atoms with van der Waals surface area (Å²) in [6, 6.07) is 0. The zero-order valence-electron chi connectivity index (χ0n) is 12.2. The number of piperidine rings is 1. The van der Waals surface area contributed by atoms with Gasteiger partial charge >= 0.3 is 23.9 Å². The standard InChI is InChI=1S/C13H19NO8/c1-14-4-2-8(3-5-14)11(18)22-10(17)7-13(21,12(19)20)6-9(15)16/h8,21H,2-7H2,1H3,(H,15,16)(H,19,20). The topological polar surface area (TPSA) is 141 Å². The average Bonchev–Trinajstić information content (AvgIpc) is 2.37. The minimum Gasteiger partial charge on any atom is -0.481 e. The van der Waals surface area contributed by atoms with Crippen molar-refractivity contribution in [2.24, 2.45) is 5.92 Å². The molecular formula is C13H19NO8. The van der Waals surface area contributed by atoms with Gasteiger partial charge in [-0.1, -0.05) is 0 Å². The number of hydrogen-bond acceptors (Lipinski definition) is 7. The molecular weight excluding hydrogens is 298 g/mol. The minimum atomic E-state index is -2.80. The normalized spacial score (nSPS) is 19.2. The van der Waals surface area contributed by atoms with Crippen LogP contribution < -0.4 is 0 Å². The quantitative estimate of drug-likeness (QED) is 0.418. The number of aliphatic hydroxyl groups is 1. The van der Waals surface area contributed by atoms with E-state index in [1.165, 1.54) is 0 Å². The predicted octanol–water partition coefficient (Wildman–Crippen LogP) is -0.921. The molecule has 1 aliphatic rings. The summed E-state index contributed by atoms with van der Waals surface area (Å²) in [7, 11) is 1.89. The molecule has 1 saturated heterocycles. The molecule has 0 radical (unpaired) electrons. The van der Waals surface area contributed by atoms with Crippen molar-refractivity contribution in [3.05, 3.63) is 0 Å². The van der Waals surface area contributed by atoms with Crippen LogP contribution in [0.5, 0.6) is 0 Å². The molecule has 1 unspecified atom stereocenters. The molecule has 22 heavy (non-hydrogen) atoms. The van der Waals surface area contributed by atoms with Gasteiger partial charge in [0, 0.05) is 0 Å². The molecule has 9 heteroatoms. The number of carboxylic acid groups (broad SMARTS) is 2. The smallest absolute Gasteiger partial charge is 0.336 e. The van der Waals surface area contributed by atoms with Crippen molar-refractivity contribution in [3.63, 3.8) is 0 Å². The third kappa shape index (κ3) is 5.08. The van der Waals surface area contributed by atoms with Crippen molar-refractivity contribution in [2.75, 3.05) is 20.1 Å². The second-order valence-electron chi connectivity index (χ2n) is 5.45. The SMILES string of the molecule is CN1CCC(C(=O)OC(=O)CC(O)(CC(=O)O)C(=O)O)CC1. The highest BCUT2D eigenvalue weighted by molar-refractivity contribution is 5.92. The van der Waals surface area contributed by atoms with Gasteiger partial charge in [-0.2, -0.15) is 0 Å². The highest BCUT2D eigenvalue weighted by Crippen LogP contribution is 2.20. The number of hydrogen-bond donors (Lipinski definition) is 3. The molecule has 0 bridgehead atoms. The molecule has 0 amide bonds. The predicted molar refractivity (Wildman–Crippen MR) is 70.8 cm³/mol. The largest absolute Gasteiger partial charge is 0.481 e. The average molecular weight is 317 g/mol. The number of carbonyl (C=O) groups excluding carboxylic acids is 2. The Hall–Kier alpha value is -2.00. The molecule has 1 heterocycles. The Bertz CT molecular complexity index is 469. The van der Waals surface area contributed by atoms with E-state index in [1.807, 2.05) is 11.9 Å². The highest BCUT2D eigenvalue weighted by atomic mass is 16.6. The molecule has 1 fully saturated rings. The number of aliphatic carboxylic acids is 2. The van der Waals surface area contributed by atoms with Crippen LogP contribution in [0, 0.1) is 5.92 Å². The number of nitrogens with zero attached hydrogens (tertiary/aromatic N) is 1. The van der Waals surface area contributed by atoms with Crippen LogP contribution in [-0.4, -0.2) is 69.8 Å². The second kappa shape index (κ2) is 7.32. The number of likely N-dealkylation sites (tertiary alicyclic amines) is 1. The van der Waals surface area contributed by atoms with Gasteiger partial charge in [0.1, 0.15) is 0 Å². The fourth-order valence-electron chi connectivity index (χ4n) is 2.18. The maximum absolute atomic E-state index is 11.8. The number of esters is 2. The summed E-state index contributed by atoms with van der Waals surface area (Å²) in [6.07, 6.45) is -1.24. The summed E-state index contributed by atoms with van der Waals surface area (Å²) >= 11 is 0. The first kappa shape index (κ1) is 18.1. The zero-order chi connectivity index (χ0) is 16.9. The van der Waals surface area contributed by atoms with Gasteiger partial charge in [0.25, 0.3) is 0 Å². The van der Waals surface area contributed by atoms with Crippen molar-refractivity contribution in [1.29, 1.82) is 0 Å². The Balaban J connectivity index is 2.58. The first-order valence-electron chi connectivity index (χ1n) is 6.74. The van der Waals surface area contributed by atoms with Gasteiger partial charge in [-0.05, 0) is 33.0 Å². The van der Waals surface area contributed by atoms with E-state index < -0.39 is 48.2 Å². The maximum atomic E-state index is 11.8. The number of rotatable bonds is 6. The van der Waals surface area contributed by atoms with E-state index in [2.05, 4.69) is 4.74 Å².